The van der Waals surface area contributed by atoms with E-state index in [4.69, 9.17) is 32.5 Å². The minimum absolute atomic E-state index is 0.0374. The van der Waals surface area contributed by atoms with Crippen LogP contribution in [-0.4, -0.2) is 24.1 Å². The van der Waals surface area contributed by atoms with Gasteiger partial charge in [-0.2, -0.15) is 0 Å². The molecular formula is C16H16Cl2N2O4. The normalized spacial score (nSPS) is 10.8. The Balaban J connectivity index is 2.51. The molecule has 0 fully saturated rings. The molecule has 0 aliphatic rings. The zero-order valence-electron chi connectivity index (χ0n) is 13.4. The molecule has 24 heavy (non-hydrogen) atoms. The highest BCUT2D eigenvalue weighted by Crippen LogP contribution is 2.38. The third kappa shape index (κ3) is 3.88. The van der Waals surface area contributed by atoms with E-state index < -0.39 is 5.97 Å². The molecule has 0 saturated carbocycles. The highest BCUT2D eigenvalue weighted by Gasteiger charge is 2.28. The average Bonchev–Trinajstić information content (AvgIpc) is 2.88. The fourth-order valence-electron chi connectivity index (χ4n) is 2.11. The molecule has 0 bridgehead atoms. The lowest BCUT2D eigenvalue weighted by Crippen LogP contribution is -2.16. The van der Waals surface area contributed by atoms with E-state index >= 15 is 0 Å². The van der Waals surface area contributed by atoms with Crippen LogP contribution in [0.15, 0.2) is 22.7 Å². The Labute approximate surface area is 149 Å². The van der Waals surface area contributed by atoms with Crippen LogP contribution in [0.5, 0.6) is 0 Å². The van der Waals surface area contributed by atoms with Crippen LogP contribution < -0.4 is 5.32 Å². The number of nitrogens with zero attached hydrogens (tertiary/aromatic N) is 1. The zero-order chi connectivity index (χ0) is 17.9. The third-order valence-corrected chi connectivity index (χ3v) is 3.76. The molecule has 0 atom stereocenters. The molecule has 2 aromatic rings. The van der Waals surface area contributed by atoms with Crippen molar-refractivity contribution in [2.24, 2.45) is 5.92 Å². The number of amides is 1. The van der Waals surface area contributed by atoms with E-state index in [9.17, 15) is 9.59 Å². The molecule has 0 spiro atoms. The van der Waals surface area contributed by atoms with Gasteiger partial charge in [-0.15, -0.1) is 0 Å². The summed E-state index contributed by atoms with van der Waals surface area (Å²) in [4.78, 5) is 24.1. The standard InChI is InChI=1S/C16H16Cl2N2O4/c1-8(2)7-11(21)19-15-13(16(22)23-3)14(20-24-15)12-9(17)5-4-6-10(12)18/h4-6,8H,7H2,1-3H3,(H,19,21). The van der Waals surface area contributed by atoms with E-state index in [-0.39, 0.29) is 35.4 Å². The summed E-state index contributed by atoms with van der Waals surface area (Å²) >= 11 is 12.3. The number of esters is 1. The predicted octanol–water partition coefficient (Wildman–Crippen LogP) is 4.42. The van der Waals surface area contributed by atoms with Crippen LogP contribution in [-0.2, 0) is 9.53 Å². The molecule has 6 nitrogen and oxygen atoms in total. The van der Waals surface area contributed by atoms with Gasteiger partial charge in [0.25, 0.3) is 0 Å². The fourth-order valence-corrected chi connectivity index (χ4v) is 2.69. The van der Waals surface area contributed by atoms with E-state index in [2.05, 4.69) is 10.5 Å². The van der Waals surface area contributed by atoms with Crippen LogP contribution in [0.3, 0.4) is 0 Å². The highest BCUT2D eigenvalue weighted by molar-refractivity contribution is 6.39. The zero-order valence-corrected chi connectivity index (χ0v) is 14.9. The summed E-state index contributed by atoms with van der Waals surface area (Å²) in [5.74, 6) is -0.976. The minimum atomic E-state index is -0.720. The van der Waals surface area contributed by atoms with Gasteiger partial charge < -0.3 is 9.26 Å². The Hall–Kier alpha value is -2.05. The molecule has 0 aliphatic heterocycles. The van der Waals surface area contributed by atoms with Gasteiger partial charge in [-0.25, -0.2) is 4.79 Å². The summed E-state index contributed by atoms with van der Waals surface area (Å²) < 4.78 is 9.90. The molecule has 0 unspecified atom stereocenters. The summed E-state index contributed by atoms with van der Waals surface area (Å²) in [6.07, 6.45) is 0.267. The molecule has 1 aromatic carbocycles. The van der Waals surface area contributed by atoms with Gasteiger partial charge in [-0.3, -0.25) is 10.1 Å². The number of ether oxygens (including phenoxy) is 1. The van der Waals surface area contributed by atoms with Crippen molar-refractivity contribution in [1.82, 2.24) is 5.16 Å². The number of carbonyl (C=O) groups excluding carboxylic acids is 2. The lowest BCUT2D eigenvalue weighted by Gasteiger charge is -2.07. The van der Waals surface area contributed by atoms with Crippen molar-refractivity contribution in [1.29, 1.82) is 0 Å². The number of hydrogen-bond donors (Lipinski definition) is 1. The molecule has 0 saturated heterocycles. The van der Waals surface area contributed by atoms with Crippen molar-refractivity contribution < 1.29 is 18.8 Å². The van der Waals surface area contributed by atoms with Gasteiger partial charge in [-0.05, 0) is 18.1 Å². The van der Waals surface area contributed by atoms with Gasteiger partial charge in [0.05, 0.1) is 17.2 Å². The maximum atomic E-state index is 12.2. The van der Waals surface area contributed by atoms with Gasteiger partial charge in [0, 0.05) is 12.0 Å². The van der Waals surface area contributed by atoms with Crippen molar-refractivity contribution in [2.75, 3.05) is 12.4 Å². The van der Waals surface area contributed by atoms with Gasteiger partial charge >= 0.3 is 5.97 Å². The fraction of sp³-hybridized carbons (Fsp3) is 0.312. The Morgan fingerprint density at radius 3 is 2.46 bits per heavy atom. The van der Waals surface area contributed by atoms with E-state index in [1.807, 2.05) is 13.8 Å². The first-order chi connectivity index (χ1) is 11.3. The molecule has 1 amide bonds. The maximum absolute atomic E-state index is 12.2. The van der Waals surface area contributed by atoms with E-state index in [1.165, 1.54) is 7.11 Å². The van der Waals surface area contributed by atoms with Crippen LogP contribution in [0.25, 0.3) is 11.3 Å². The molecule has 128 valence electrons. The van der Waals surface area contributed by atoms with Crippen molar-refractivity contribution in [3.8, 4) is 11.3 Å². The van der Waals surface area contributed by atoms with Gasteiger partial charge in [0.15, 0.2) is 5.56 Å². The van der Waals surface area contributed by atoms with Gasteiger partial charge in [0.1, 0.15) is 5.69 Å². The summed E-state index contributed by atoms with van der Waals surface area (Å²) in [5, 5.41) is 6.97. The van der Waals surface area contributed by atoms with Crippen molar-refractivity contribution in [3.05, 3.63) is 33.8 Å². The Morgan fingerprint density at radius 1 is 1.29 bits per heavy atom. The highest BCUT2D eigenvalue weighted by atomic mass is 35.5. The van der Waals surface area contributed by atoms with Crippen molar-refractivity contribution in [2.45, 2.75) is 20.3 Å². The predicted molar refractivity (Wildman–Crippen MR) is 91.4 cm³/mol. The van der Waals surface area contributed by atoms with E-state index in [1.54, 1.807) is 18.2 Å². The quantitative estimate of drug-likeness (QED) is 0.787. The minimum Gasteiger partial charge on any atom is -0.465 e. The number of hydrogen-bond acceptors (Lipinski definition) is 5. The van der Waals surface area contributed by atoms with E-state index in [0.717, 1.165) is 0 Å². The topological polar surface area (TPSA) is 81.4 Å². The van der Waals surface area contributed by atoms with Crippen molar-refractivity contribution in [3.63, 3.8) is 0 Å². The van der Waals surface area contributed by atoms with Crippen LogP contribution >= 0.6 is 23.2 Å². The first kappa shape index (κ1) is 18.3. The number of halogens is 2. The first-order valence-electron chi connectivity index (χ1n) is 7.17. The average molecular weight is 371 g/mol. The number of aromatic nitrogens is 1. The number of carbonyl (C=O) groups is 2. The lowest BCUT2D eigenvalue weighted by molar-refractivity contribution is -0.117. The number of rotatable bonds is 5. The second-order valence-electron chi connectivity index (χ2n) is 5.47. The smallest absolute Gasteiger partial charge is 0.345 e. The summed E-state index contributed by atoms with van der Waals surface area (Å²) in [6.45, 7) is 3.80. The summed E-state index contributed by atoms with van der Waals surface area (Å²) in [7, 11) is 1.22. The molecule has 1 aromatic heterocycles. The molecule has 1 heterocycles. The second kappa shape index (κ2) is 7.68. The Morgan fingerprint density at radius 2 is 1.92 bits per heavy atom. The Bertz CT molecular complexity index is 751. The molecule has 2 rings (SSSR count). The van der Waals surface area contributed by atoms with Gasteiger partial charge in [-0.1, -0.05) is 48.3 Å². The second-order valence-corrected chi connectivity index (χ2v) is 6.28. The number of benzene rings is 1. The molecule has 1 N–H and O–H groups in total. The SMILES string of the molecule is COC(=O)c1c(-c2c(Cl)cccc2Cl)noc1NC(=O)CC(C)C. The molecule has 0 aliphatic carbocycles. The molecule has 0 radical (unpaired) electrons. The number of methoxy groups -OCH3 is 1. The van der Waals surface area contributed by atoms with Gasteiger partial charge in [0.2, 0.25) is 11.8 Å². The largest absolute Gasteiger partial charge is 0.465 e. The summed E-state index contributed by atoms with van der Waals surface area (Å²) in [5.41, 5.74) is 0.399. The van der Waals surface area contributed by atoms with Crippen LogP contribution in [0.4, 0.5) is 5.88 Å². The molecule has 8 heteroatoms. The van der Waals surface area contributed by atoms with Crippen LogP contribution in [0.1, 0.15) is 30.6 Å². The maximum Gasteiger partial charge on any atom is 0.345 e. The number of anilines is 1. The Kier molecular flexibility index (Phi) is 5.85. The monoisotopic (exact) mass is 370 g/mol. The third-order valence-electron chi connectivity index (χ3n) is 3.13. The lowest BCUT2D eigenvalue weighted by atomic mass is 10.1. The number of nitrogens with one attached hydrogen (secondary N) is 1. The van der Waals surface area contributed by atoms with E-state index in [0.29, 0.717) is 15.6 Å². The molecular weight excluding hydrogens is 355 g/mol. The van der Waals surface area contributed by atoms with Crippen LogP contribution in [0.2, 0.25) is 10.0 Å². The first-order valence-corrected chi connectivity index (χ1v) is 7.93. The summed E-state index contributed by atoms with van der Waals surface area (Å²) in [6, 6.07) is 4.88. The van der Waals surface area contributed by atoms with Crippen LogP contribution in [0, 0.1) is 5.92 Å². The van der Waals surface area contributed by atoms with Crippen molar-refractivity contribution >= 4 is 41.0 Å².